The molecular weight excluding hydrogens is 202 g/mol. The van der Waals surface area contributed by atoms with Gasteiger partial charge in [0.1, 0.15) is 6.04 Å². The number of rotatable bonds is 3. The van der Waals surface area contributed by atoms with Crippen LogP contribution in [0.25, 0.3) is 5.57 Å². The van der Waals surface area contributed by atoms with Crippen LogP contribution in [-0.2, 0) is 11.2 Å². The molecule has 0 aromatic heterocycles. The van der Waals surface area contributed by atoms with Gasteiger partial charge in [0.25, 0.3) is 0 Å². The van der Waals surface area contributed by atoms with Crippen molar-refractivity contribution in [2.45, 2.75) is 25.8 Å². The lowest BCUT2D eigenvalue weighted by atomic mass is 9.96. The average Bonchev–Trinajstić information content (AvgIpc) is 2.63. The number of aliphatic carboxylic acids is 1. The highest BCUT2D eigenvalue weighted by atomic mass is 16.4. The molecule has 3 nitrogen and oxygen atoms in total. The number of carboxylic acids is 1. The summed E-state index contributed by atoms with van der Waals surface area (Å²) < 4.78 is 0. The van der Waals surface area contributed by atoms with Gasteiger partial charge in [-0.3, -0.25) is 4.79 Å². The van der Waals surface area contributed by atoms with Gasteiger partial charge in [0.15, 0.2) is 0 Å². The van der Waals surface area contributed by atoms with Crippen molar-refractivity contribution in [3.05, 3.63) is 41.0 Å². The SMILES string of the molecule is Cc1cccc2c1C(C[C@@H](N)C(=O)O)=CC2. The van der Waals surface area contributed by atoms with Crippen molar-refractivity contribution in [1.82, 2.24) is 0 Å². The second kappa shape index (κ2) is 4.10. The van der Waals surface area contributed by atoms with Gasteiger partial charge >= 0.3 is 5.97 Å². The molecule has 0 fully saturated rings. The fourth-order valence-electron chi connectivity index (χ4n) is 2.20. The Bertz CT molecular complexity index is 463. The highest BCUT2D eigenvalue weighted by Gasteiger charge is 2.20. The summed E-state index contributed by atoms with van der Waals surface area (Å²) in [6.07, 6.45) is 3.38. The maximum Gasteiger partial charge on any atom is 0.320 e. The normalized spacial score (nSPS) is 15.5. The number of carbonyl (C=O) groups is 1. The lowest BCUT2D eigenvalue weighted by molar-refractivity contribution is -0.138. The highest BCUT2D eigenvalue weighted by molar-refractivity contribution is 5.81. The third kappa shape index (κ3) is 1.86. The molecule has 0 spiro atoms. The molecule has 0 saturated carbocycles. The van der Waals surface area contributed by atoms with Gasteiger partial charge in [0.05, 0.1) is 0 Å². The Labute approximate surface area is 94.6 Å². The van der Waals surface area contributed by atoms with E-state index >= 15 is 0 Å². The summed E-state index contributed by atoms with van der Waals surface area (Å²) in [5.74, 6) is -0.942. The van der Waals surface area contributed by atoms with E-state index in [2.05, 4.69) is 12.1 Å². The number of aryl methyl sites for hydroxylation is 1. The molecule has 16 heavy (non-hydrogen) atoms. The average molecular weight is 217 g/mol. The van der Waals surface area contributed by atoms with Crippen LogP contribution in [0.5, 0.6) is 0 Å². The Balaban J connectivity index is 2.26. The van der Waals surface area contributed by atoms with Gasteiger partial charge in [-0.15, -0.1) is 0 Å². The summed E-state index contributed by atoms with van der Waals surface area (Å²) in [5.41, 5.74) is 10.3. The first-order valence-corrected chi connectivity index (χ1v) is 5.36. The smallest absolute Gasteiger partial charge is 0.320 e. The minimum Gasteiger partial charge on any atom is -0.480 e. The van der Waals surface area contributed by atoms with E-state index in [-0.39, 0.29) is 0 Å². The van der Waals surface area contributed by atoms with Gasteiger partial charge in [-0.2, -0.15) is 0 Å². The van der Waals surface area contributed by atoms with Crippen molar-refractivity contribution in [3.63, 3.8) is 0 Å². The van der Waals surface area contributed by atoms with Gasteiger partial charge in [0.2, 0.25) is 0 Å². The van der Waals surface area contributed by atoms with Gasteiger partial charge in [-0.25, -0.2) is 0 Å². The van der Waals surface area contributed by atoms with Crippen LogP contribution in [0.4, 0.5) is 0 Å². The van der Waals surface area contributed by atoms with Gasteiger partial charge in [-0.1, -0.05) is 24.3 Å². The van der Waals surface area contributed by atoms with E-state index in [1.165, 1.54) is 16.7 Å². The minimum absolute atomic E-state index is 0.410. The highest BCUT2D eigenvalue weighted by Crippen LogP contribution is 2.32. The van der Waals surface area contributed by atoms with E-state index in [1.54, 1.807) is 0 Å². The zero-order valence-corrected chi connectivity index (χ0v) is 9.23. The van der Waals surface area contributed by atoms with Crippen molar-refractivity contribution in [3.8, 4) is 0 Å². The molecule has 0 aliphatic heterocycles. The lowest BCUT2D eigenvalue weighted by Gasteiger charge is -2.11. The van der Waals surface area contributed by atoms with Crippen LogP contribution in [0.2, 0.25) is 0 Å². The zero-order chi connectivity index (χ0) is 11.7. The summed E-state index contributed by atoms with van der Waals surface area (Å²) >= 11 is 0. The first kappa shape index (κ1) is 10.9. The third-order valence-electron chi connectivity index (χ3n) is 3.01. The quantitative estimate of drug-likeness (QED) is 0.810. The fourth-order valence-corrected chi connectivity index (χ4v) is 2.20. The van der Waals surface area contributed by atoms with E-state index in [1.807, 2.05) is 19.1 Å². The molecule has 84 valence electrons. The first-order valence-electron chi connectivity index (χ1n) is 5.36. The Kier molecular flexibility index (Phi) is 2.79. The molecule has 0 heterocycles. The molecule has 0 bridgehead atoms. The molecule has 1 aromatic rings. The summed E-state index contributed by atoms with van der Waals surface area (Å²) in [7, 11) is 0. The second-order valence-corrected chi connectivity index (χ2v) is 4.19. The summed E-state index contributed by atoms with van der Waals surface area (Å²) in [6.45, 7) is 2.05. The van der Waals surface area contributed by atoms with E-state index in [9.17, 15) is 4.79 Å². The molecule has 1 aliphatic rings. The van der Waals surface area contributed by atoms with Gasteiger partial charge in [-0.05, 0) is 42.0 Å². The molecule has 2 rings (SSSR count). The van der Waals surface area contributed by atoms with Crippen LogP contribution in [0.1, 0.15) is 23.1 Å². The molecule has 3 N–H and O–H groups in total. The van der Waals surface area contributed by atoms with E-state index in [4.69, 9.17) is 10.8 Å². The van der Waals surface area contributed by atoms with Crippen LogP contribution in [-0.4, -0.2) is 17.1 Å². The van der Waals surface area contributed by atoms with Crippen LogP contribution in [0.3, 0.4) is 0 Å². The van der Waals surface area contributed by atoms with Crippen molar-refractivity contribution in [1.29, 1.82) is 0 Å². The Morgan fingerprint density at radius 3 is 3.00 bits per heavy atom. The van der Waals surface area contributed by atoms with Crippen molar-refractivity contribution in [2.75, 3.05) is 0 Å². The van der Waals surface area contributed by atoms with E-state index in [0.717, 1.165) is 12.0 Å². The zero-order valence-electron chi connectivity index (χ0n) is 9.23. The lowest BCUT2D eigenvalue weighted by Crippen LogP contribution is -2.30. The fraction of sp³-hybridized carbons (Fsp3) is 0.308. The van der Waals surface area contributed by atoms with Gasteiger partial charge < -0.3 is 10.8 Å². The maximum atomic E-state index is 10.7. The molecule has 0 saturated heterocycles. The maximum absolute atomic E-state index is 10.7. The van der Waals surface area contributed by atoms with Crippen molar-refractivity contribution in [2.24, 2.45) is 5.73 Å². The number of carboxylic acid groups (broad SMARTS) is 1. The number of nitrogens with two attached hydrogens (primary N) is 1. The predicted molar refractivity (Wildman–Crippen MR) is 63.1 cm³/mol. The molecule has 0 unspecified atom stereocenters. The number of allylic oxidation sites excluding steroid dienone is 1. The van der Waals surface area contributed by atoms with Crippen molar-refractivity contribution >= 4 is 11.5 Å². The van der Waals surface area contributed by atoms with Crippen LogP contribution >= 0.6 is 0 Å². The second-order valence-electron chi connectivity index (χ2n) is 4.19. The number of hydrogen-bond acceptors (Lipinski definition) is 2. The van der Waals surface area contributed by atoms with Crippen molar-refractivity contribution < 1.29 is 9.90 Å². The Hall–Kier alpha value is -1.61. The third-order valence-corrected chi connectivity index (χ3v) is 3.01. The summed E-state index contributed by atoms with van der Waals surface area (Å²) in [4.78, 5) is 10.7. The topological polar surface area (TPSA) is 63.3 Å². The number of hydrogen-bond donors (Lipinski definition) is 2. The summed E-state index contributed by atoms with van der Waals surface area (Å²) in [5, 5.41) is 8.81. The molecule has 1 aromatic carbocycles. The molecule has 1 aliphatic carbocycles. The molecule has 1 atom stereocenters. The van der Waals surface area contributed by atoms with Gasteiger partial charge in [0, 0.05) is 0 Å². The largest absolute Gasteiger partial charge is 0.480 e. The van der Waals surface area contributed by atoms with E-state index < -0.39 is 12.0 Å². The monoisotopic (exact) mass is 217 g/mol. The minimum atomic E-state index is -0.942. The molecule has 0 amide bonds. The molecular formula is C13H15NO2. The summed E-state index contributed by atoms with van der Waals surface area (Å²) in [6, 6.07) is 5.35. The Morgan fingerprint density at radius 2 is 2.31 bits per heavy atom. The number of benzene rings is 1. The predicted octanol–water partition coefficient (Wildman–Crippen LogP) is 1.74. The van der Waals surface area contributed by atoms with Crippen LogP contribution in [0.15, 0.2) is 24.3 Å². The number of fused-ring (bicyclic) bond motifs is 1. The van der Waals surface area contributed by atoms with E-state index in [0.29, 0.717) is 6.42 Å². The van der Waals surface area contributed by atoms with Crippen LogP contribution < -0.4 is 5.73 Å². The Morgan fingerprint density at radius 1 is 1.56 bits per heavy atom. The van der Waals surface area contributed by atoms with Crippen LogP contribution in [0, 0.1) is 6.92 Å². The first-order chi connectivity index (χ1) is 7.59. The standard InChI is InChI=1S/C13H15NO2/c1-8-3-2-4-9-5-6-10(12(8)9)7-11(14)13(15)16/h2-4,6,11H,5,7,14H2,1H3,(H,15,16)/t11-/m1/s1. The molecule has 3 heteroatoms. The molecule has 0 radical (unpaired) electrons.